The Bertz CT molecular complexity index is 1190. The Morgan fingerprint density at radius 1 is 0.844 bits per heavy atom. The second-order valence-electron chi connectivity index (χ2n) is 7.40. The lowest BCUT2D eigenvalue weighted by atomic mass is 10.1. The first kappa shape index (κ1) is 21.9. The number of benzene rings is 4. The zero-order chi connectivity index (χ0) is 22.2. The van der Waals surface area contributed by atoms with E-state index in [9.17, 15) is 4.79 Å². The average molecular weight is 490 g/mol. The van der Waals surface area contributed by atoms with Gasteiger partial charge in [-0.3, -0.25) is 4.79 Å². The van der Waals surface area contributed by atoms with Crippen LogP contribution in [0.2, 0.25) is 0 Å². The van der Waals surface area contributed by atoms with Crippen LogP contribution in [0.4, 0.5) is 5.69 Å². The number of aryl methyl sites for hydroxylation is 1. The van der Waals surface area contributed by atoms with Crippen molar-refractivity contribution < 1.29 is 14.3 Å². The molecule has 0 aliphatic heterocycles. The van der Waals surface area contributed by atoms with E-state index in [1.165, 1.54) is 5.56 Å². The van der Waals surface area contributed by atoms with E-state index in [1.807, 2.05) is 78.9 Å². The van der Waals surface area contributed by atoms with Gasteiger partial charge in [0.05, 0.1) is 11.1 Å². The van der Waals surface area contributed by atoms with Gasteiger partial charge in [-0.05, 0) is 63.3 Å². The van der Waals surface area contributed by atoms with Crippen molar-refractivity contribution in [2.45, 2.75) is 12.8 Å². The zero-order valence-corrected chi connectivity index (χ0v) is 19.2. The van der Waals surface area contributed by atoms with Gasteiger partial charge in [-0.25, -0.2) is 0 Å². The lowest BCUT2D eigenvalue weighted by molar-refractivity contribution is -0.118. The summed E-state index contributed by atoms with van der Waals surface area (Å²) >= 11 is 3.58. The van der Waals surface area contributed by atoms with Gasteiger partial charge >= 0.3 is 0 Å². The van der Waals surface area contributed by atoms with Crippen molar-refractivity contribution in [3.63, 3.8) is 0 Å². The van der Waals surface area contributed by atoms with Crippen LogP contribution in [0.5, 0.6) is 11.5 Å². The molecule has 4 nitrogen and oxygen atoms in total. The molecule has 1 amide bonds. The Hall–Kier alpha value is -3.31. The van der Waals surface area contributed by atoms with Gasteiger partial charge in [0.1, 0.15) is 11.5 Å². The van der Waals surface area contributed by atoms with Crippen molar-refractivity contribution in [1.29, 1.82) is 0 Å². The molecule has 0 heterocycles. The van der Waals surface area contributed by atoms with Crippen LogP contribution >= 0.6 is 15.9 Å². The van der Waals surface area contributed by atoms with Crippen LogP contribution in [0.3, 0.4) is 0 Å². The van der Waals surface area contributed by atoms with Crippen molar-refractivity contribution in [2.75, 3.05) is 18.5 Å². The van der Waals surface area contributed by atoms with Crippen molar-refractivity contribution in [3.8, 4) is 11.5 Å². The van der Waals surface area contributed by atoms with E-state index in [0.717, 1.165) is 33.8 Å². The highest BCUT2D eigenvalue weighted by Gasteiger charge is 2.09. The summed E-state index contributed by atoms with van der Waals surface area (Å²) in [4.78, 5) is 12.4. The summed E-state index contributed by atoms with van der Waals surface area (Å²) in [6, 6.07) is 29.6. The zero-order valence-electron chi connectivity index (χ0n) is 17.6. The minimum absolute atomic E-state index is 0.0842. The molecule has 1 N–H and O–H groups in total. The molecule has 4 rings (SSSR count). The lowest BCUT2D eigenvalue weighted by Crippen LogP contribution is -2.20. The lowest BCUT2D eigenvalue weighted by Gasteiger charge is -2.12. The summed E-state index contributed by atoms with van der Waals surface area (Å²) in [6.07, 6.45) is 1.90. The first-order chi connectivity index (χ1) is 15.7. The van der Waals surface area contributed by atoms with Crippen molar-refractivity contribution in [2.24, 2.45) is 0 Å². The SMILES string of the molecule is O=C(COc1ccc2ccccc2c1Br)Nc1cccc(OCCCc2ccccc2)c1. The number of carbonyl (C=O) groups excluding carboxylic acids is 1. The Balaban J connectivity index is 1.27. The molecule has 0 bridgehead atoms. The standard InChI is InChI=1S/C27H24BrNO3/c28-27-24-14-5-4-11-21(24)15-16-25(27)32-19-26(30)29-22-12-6-13-23(18-22)31-17-7-10-20-8-2-1-3-9-20/h1-6,8-9,11-16,18H,7,10,17,19H2,(H,29,30). The van der Waals surface area contributed by atoms with E-state index in [-0.39, 0.29) is 12.5 Å². The van der Waals surface area contributed by atoms with Gasteiger partial charge in [-0.2, -0.15) is 0 Å². The third kappa shape index (κ3) is 5.89. The molecular weight excluding hydrogens is 466 g/mol. The molecule has 0 saturated heterocycles. The third-order valence-corrected chi connectivity index (χ3v) is 5.84. The van der Waals surface area contributed by atoms with E-state index in [0.29, 0.717) is 18.0 Å². The number of ether oxygens (including phenoxy) is 2. The summed E-state index contributed by atoms with van der Waals surface area (Å²) in [5.41, 5.74) is 1.98. The molecule has 0 aromatic heterocycles. The van der Waals surface area contributed by atoms with Crippen LogP contribution in [-0.4, -0.2) is 19.1 Å². The van der Waals surface area contributed by atoms with Crippen LogP contribution in [-0.2, 0) is 11.2 Å². The molecular formula is C27H24BrNO3. The predicted octanol–water partition coefficient (Wildman–Crippen LogP) is 6.63. The highest BCUT2D eigenvalue weighted by atomic mass is 79.9. The maximum atomic E-state index is 12.4. The second-order valence-corrected chi connectivity index (χ2v) is 8.19. The van der Waals surface area contributed by atoms with Crippen LogP contribution in [0, 0.1) is 0 Å². The Labute approximate surface area is 196 Å². The normalized spacial score (nSPS) is 10.7. The van der Waals surface area contributed by atoms with Crippen LogP contribution in [0.1, 0.15) is 12.0 Å². The molecule has 0 spiro atoms. The van der Waals surface area contributed by atoms with Gasteiger partial charge in [-0.15, -0.1) is 0 Å². The molecule has 32 heavy (non-hydrogen) atoms. The Morgan fingerprint density at radius 3 is 2.53 bits per heavy atom. The minimum Gasteiger partial charge on any atom is -0.494 e. The first-order valence-electron chi connectivity index (χ1n) is 10.6. The molecule has 0 saturated carbocycles. The molecule has 4 aromatic rings. The maximum Gasteiger partial charge on any atom is 0.262 e. The maximum absolute atomic E-state index is 12.4. The summed E-state index contributed by atoms with van der Waals surface area (Å²) in [5.74, 6) is 1.13. The molecule has 162 valence electrons. The number of halogens is 1. The minimum atomic E-state index is -0.230. The summed E-state index contributed by atoms with van der Waals surface area (Å²) in [7, 11) is 0. The largest absolute Gasteiger partial charge is 0.494 e. The average Bonchev–Trinajstić information content (AvgIpc) is 2.82. The number of fused-ring (bicyclic) bond motifs is 1. The number of amides is 1. The fraction of sp³-hybridized carbons (Fsp3) is 0.148. The Morgan fingerprint density at radius 2 is 1.66 bits per heavy atom. The predicted molar refractivity (Wildman–Crippen MR) is 132 cm³/mol. The fourth-order valence-electron chi connectivity index (χ4n) is 3.44. The molecule has 4 aromatic carbocycles. The molecule has 0 atom stereocenters. The van der Waals surface area contributed by atoms with Crippen LogP contribution in [0.25, 0.3) is 10.8 Å². The molecule has 0 radical (unpaired) electrons. The van der Waals surface area contributed by atoms with Gasteiger partial charge < -0.3 is 14.8 Å². The Kier molecular flexibility index (Phi) is 7.41. The van der Waals surface area contributed by atoms with Gasteiger partial charge in [0.2, 0.25) is 0 Å². The van der Waals surface area contributed by atoms with Crippen molar-refractivity contribution in [1.82, 2.24) is 0 Å². The number of hydrogen-bond acceptors (Lipinski definition) is 3. The highest BCUT2D eigenvalue weighted by Crippen LogP contribution is 2.33. The smallest absolute Gasteiger partial charge is 0.262 e. The molecule has 0 fully saturated rings. The third-order valence-electron chi connectivity index (χ3n) is 5.03. The van der Waals surface area contributed by atoms with Crippen molar-refractivity contribution >= 4 is 38.3 Å². The summed E-state index contributed by atoms with van der Waals surface area (Å²) in [5, 5.41) is 5.02. The van der Waals surface area contributed by atoms with Gasteiger partial charge in [0.25, 0.3) is 5.91 Å². The number of carbonyl (C=O) groups is 1. The highest BCUT2D eigenvalue weighted by molar-refractivity contribution is 9.10. The number of nitrogens with one attached hydrogen (secondary N) is 1. The van der Waals surface area contributed by atoms with Gasteiger partial charge in [0, 0.05) is 11.8 Å². The second kappa shape index (κ2) is 10.8. The quantitative estimate of drug-likeness (QED) is 0.268. The van der Waals surface area contributed by atoms with Crippen LogP contribution in [0.15, 0.2) is 95.5 Å². The van der Waals surface area contributed by atoms with Gasteiger partial charge in [-0.1, -0.05) is 66.7 Å². The number of rotatable bonds is 9. The van der Waals surface area contributed by atoms with Crippen molar-refractivity contribution in [3.05, 3.63) is 101 Å². The number of hydrogen-bond donors (Lipinski definition) is 1. The molecule has 0 aliphatic rings. The van der Waals surface area contributed by atoms with E-state index >= 15 is 0 Å². The first-order valence-corrected chi connectivity index (χ1v) is 11.3. The van der Waals surface area contributed by atoms with Crippen LogP contribution < -0.4 is 14.8 Å². The molecule has 0 unspecified atom stereocenters. The van der Waals surface area contributed by atoms with E-state index in [1.54, 1.807) is 0 Å². The summed E-state index contributed by atoms with van der Waals surface area (Å²) < 4.78 is 12.4. The fourth-order valence-corrected chi connectivity index (χ4v) is 4.05. The van der Waals surface area contributed by atoms with E-state index in [2.05, 4.69) is 33.4 Å². The number of anilines is 1. The van der Waals surface area contributed by atoms with Gasteiger partial charge in [0.15, 0.2) is 6.61 Å². The summed E-state index contributed by atoms with van der Waals surface area (Å²) in [6.45, 7) is 0.532. The van der Waals surface area contributed by atoms with E-state index < -0.39 is 0 Å². The monoisotopic (exact) mass is 489 g/mol. The topological polar surface area (TPSA) is 47.6 Å². The molecule has 5 heteroatoms. The molecule has 0 aliphatic carbocycles. The van der Waals surface area contributed by atoms with E-state index in [4.69, 9.17) is 9.47 Å².